The SMILES string of the molecule is CC(Oc1ccccc1C(F)(F)F)C(=O)N1CCCC(N2CCNCC2=O)C1. The second-order valence-electron chi connectivity index (χ2n) is 7.10. The molecule has 0 spiro atoms. The van der Waals surface area contributed by atoms with Crippen molar-refractivity contribution in [2.75, 3.05) is 32.7 Å². The fourth-order valence-corrected chi connectivity index (χ4v) is 3.72. The van der Waals surface area contributed by atoms with Crippen molar-refractivity contribution < 1.29 is 27.5 Å². The van der Waals surface area contributed by atoms with Crippen molar-refractivity contribution in [3.8, 4) is 5.75 Å². The van der Waals surface area contributed by atoms with E-state index < -0.39 is 17.8 Å². The molecule has 2 aliphatic heterocycles. The number of para-hydroxylation sites is 1. The number of ether oxygens (including phenoxy) is 1. The first-order chi connectivity index (χ1) is 13.3. The number of amides is 2. The molecule has 2 heterocycles. The lowest BCUT2D eigenvalue weighted by atomic mass is 10.0. The van der Waals surface area contributed by atoms with Crippen LogP contribution >= 0.6 is 0 Å². The van der Waals surface area contributed by atoms with Gasteiger partial charge in [-0.2, -0.15) is 13.2 Å². The van der Waals surface area contributed by atoms with E-state index in [4.69, 9.17) is 4.74 Å². The Bertz CT molecular complexity index is 726. The van der Waals surface area contributed by atoms with E-state index in [9.17, 15) is 22.8 Å². The van der Waals surface area contributed by atoms with Gasteiger partial charge in [0.2, 0.25) is 5.91 Å². The number of nitrogens with zero attached hydrogens (tertiary/aromatic N) is 2. The summed E-state index contributed by atoms with van der Waals surface area (Å²) in [4.78, 5) is 28.3. The van der Waals surface area contributed by atoms with Crippen LogP contribution in [0.25, 0.3) is 0 Å². The van der Waals surface area contributed by atoms with Gasteiger partial charge in [-0.25, -0.2) is 0 Å². The van der Waals surface area contributed by atoms with Gasteiger partial charge in [0.1, 0.15) is 5.75 Å². The summed E-state index contributed by atoms with van der Waals surface area (Å²) in [7, 11) is 0. The molecule has 0 aromatic heterocycles. The Morgan fingerprint density at radius 3 is 2.75 bits per heavy atom. The highest BCUT2D eigenvalue weighted by molar-refractivity contribution is 5.82. The van der Waals surface area contributed by atoms with Crippen LogP contribution in [0.3, 0.4) is 0 Å². The van der Waals surface area contributed by atoms with E-state index >= 15 is 0 Å². The number of carbonyl (C=O) groups excluding carboxylic acids is 2. The molecule has 2 saturated heterocycles. The van der Waals surface area contributed by atoms with Crippen molar-refractivity contribution in [1.82, 2.24) is 15.1 Å². The molecular weight excluding hydrogens is 375 g/mol. The van der Waals surface area contributed by atoms with Gasteiger partial charge in [0.25, 0.3) is 5.91 Å². The number of alkyl halides is 3. The second-order valence-corrected chi connectivity index (χ2v) is 7.10. The summed E-state index contributed by atoms with van der Waals surface area (Å²) >= 11 is 0. The molecule has 1 aromatic carbocycles. The number of rotatable bonds is 4. The van der Waals surface area contributed by atoms with E-state index in [0.717, 1.165) is 18.9 Å². The third-order valence-electron chi connectivity index (χ3n) is 5.12. The topological polar surface area (TPSA) is 61.9 Å². The number of likely N-dealkylation sites (tertiary alicyclic amines) is 1. The highest BCUT2D eigenvalue weighted by Gasteiger charge is 2.36. The molecule has 2 fully saturated rings. The highest BCUT2D eigenvalue weighted by atomic mass is 19.4. The molecule has 28 heavy (non-hydrogen) atoms. The van der Waals surface area contributed by atoms with Crippen LogP contribution in [0.5, 0.6) is 5.75 Å². The number of benzene rings is 1. The standard InChI is InChI=1S/C19H24F3N3O3/c1-13(28-16-7-3-2-6-15(16)19(20,21)22)18(27)24-9-4-5-14(12-24)25-10-8-23-11-17(25)26/h2-3,6-7,13-14,23H,4-5,8-12H2,1H3. The fourth-order valence-electron chi connectivity index (χ4n) is 3.72. The van der Waals surface area contributed by atoms with Crippen molar-refractivity contribution in [3.63, 3.8) is 0 Å². The van der Waals surface area contributed by atoms with Crippen LogP contribution in [-0.4, -0.2) is 66.5 Å². The molecule has 2 unspecified atom stereocenters. The zero-order valence-corrected chi connectivity index (χ0v) is 15.7. The number of piperazine rings is 1. The Balaban J connectivity index is 1.66. The minimum absolute atomic E-state index is 0.00829. The monoisotopic (exact) mass is 399 g/mol. The Morgan fingerprint density at radius 2 is 2.04 bits per heavy atom. The van der Waals surface area contributed by atoms with Crippen molar-refractivity contribution in [3.05, 3.63) is 29.8 Å². The number of hydrogen-bond acceptors (Lipinski definition) is 4. The Kier molecular flexibility index (Phi) is 6.12. The van der Waals surface area contributed by atoms with Crippen molar-refractivity contribution >= 4 is 11.8 Å². The normalized spacial score (nSPS) is 22.1. The van der Waals surface area contributed by atoms with E-state index in [2.05, 4.69) is 5.32 Å². The molecule has 3 rings (SSSR count). The van der Waals surface area contributed by atoms with E-state index in [1.54, 1.807) is 9.80 Å². The van der Waals surface area contributed by atoms with Crippen LogP contribution in [0.1, 0.15) is 25.3 Å². The van der Waals surface area contributed by atoms with Crippen LogP contribution in [0.15, 0.2) is 24.3 Å². The van der Waals surface area contributed by atoms with Crippen LogP contribution in [0.4, 0.5) is 13.2 Å². The molecule has 2 amide bonds. The van der Waals surface area contributed by atoms with Crippen molar-refractivity contribution in [1.29, 1.82) is 0 Å². The average molecular weight is 399 g/mol. The first kappa shape index (κ1) is 20.4. The zero-order valence-electron chi connectivity index (χ0n) is 15.7. The predicted octanol–water partition coefficient (Wildman–Crippen LogP) is 1.90. The molecule has 154 valence electrons. The zero-order chi connectivity index (χ0) is 20.3. The van der Waals surface area contributed by atoms with Crippen LogP contribution < -0.4 is 10.1 Å². The molecule has 6 nitrogen and oxygen atoms in total. The van der Waals surface area contributed by atoms with Gasteiger partial charge in [-0.05, 0) is 31.9 Å². The van der Waals surface area contributed by atoms with Gasteiger partial charge in [-0.3, -0.25) is 9.59 Å². The van der Waals surface area contributed by atoms with Gasteiger partial charge < -0.3 is 19.9 Å². The maximum Gasteiger partial charge on any atom is 0.419 e. The lowest BCUT2D eigenvalue weighted by Crippen LogP contribution is -2.58. The summed E-state index contributed by atoms with van der Waals surface area (Å²) in [6.45, 7) is 3.93. The van der Waals surface area contributed by atoms with Gasteiger partial charge in [-0.15, -0.1) is 0 Å². The molecule has 0 aliphatic carbocycles. The molecule has 1 N–H and O–H groups in total. The molecule has 9 heteroatoms. The highest BCUT2D eigenvalue weighted by Crippen LogP contribution is 2.36. The summed E-state index contributed by atoms with van der Waals surface area (Å²) in [5.41, 5.74) is -0.905. The lowest BCUT2D eigenvalue weighted by Gasteiger charge is -2.41. The van der Waals surface area contributed by atoms with E-state index in [1.807, 2.05) is 0 Å². The minimum Gasteiger partial charge on any atom is -0.480 e. The first-order valence-corrected chi connectivity index (χ1v) is 9.39. The number of halogens is 3. The lowest BCUT2D eigenvalue weighted by molar-refractivity contribution is -0.146. The molecule has 0 radical (unpaired) electrons. The number of nitrogens with one attached hydrogen (secondary N) is 1. The van der Waals surface area contributed by atoms with E-state index in [0.29, 0.717) is 26.2 Å². The molecule has 0 saturated carbocycles. The number of piperidine rings is 1. The second kappa shape index (κ2) is 8.38. The van der Waals surface area contributed by atoms with Gasteiger partial charge in [-0.1, -0.05) is 12.1 Å². The van der Waals surface area contributed by atoms with Crippen LogP contribution in [0.2, 0.25) is 0 Å². The average Bonchev–Trinajstić information content (AvgIpc) is 2.67. The quantitative estimate of drug-likeness (QED) is 0.840. The molecule has 2 aliphatic rings. The van der Waals surface area contributed by atoms with E-state index in [-0.39, 0.29) is 30.2 Å². The summed E-state index contributed by atoms with van der Waals surface area (Å²) in [6.07, 6.45) is -4.07. The maximum atomic E-state index is 13.1. The summed E-state index contributed by atoms with van der Waals surface area (Å²) in [6, 6.07) is 4.79. The molecule has 1 aromatic rings. The Morgan fingerprint density at radius 1 is 1.29 bits per heavy atom. The van der Waals surface area contributed by atoms with Gasteiger partial charge in [0, 0.05) is 32.2 Å². The van der Waals surface area contributed by atoms with E-state index in [1.165, 1.54) is 25.1 Å². The van der Waals surface area contributed by atoms with Crippen molar-refractivity contribution in [2.45, 2.75) is 38.1 Å². The summed E-state index contributed by atoms with van der Waals surface area (Å²) in [5.74, 6) is -0.722. The van der Waals surface area contributed by atoms with Crippen LogP contribution in [0, 0.1) is 0 Å². The maximum absolute atomic E-state index is 13.1. The van der Waals surface area contributed by atoms with Gasteiger partial charge >= 0.3 is 6.18 Å². The van der Waals surface area contributed by atoms with Gasteiger partial charge in [0.15, 0.2) is 6.10 Å². The smallest absolute Gasteiger partial charge is 0.419 e. The largest absolute Gasteiger partial charge is 0.480 e. The first-order valence-electron chi connectivity index (χ1n) is 9.39. The third-order valence-corrected chi connectivity index (χ3v) is 5.12. The van der Waals surface area contributed by atoms with Crippen LogP contribution in [-0.2, 0) is 15.8 Å². The minimum atomic E-state index is -4.56. The summed E-state index contributed by atoms with van der Waals surface area (Å²) in [5, 5.41) is 3.02. The molecule has 0 bridgehead atoms. The number of carbonyl (C=O) groups is 2. The molecular formula is C19H24F3N3O3. The predicted molar refractivity (Wildman–Crippen MR) is 95.7 cm³/mol. The van der Waals surface area contributed by atoms with Gasteiger partial charge in [0.05, 0.1) is 12.1 Å². The Hall–Kier alpha value is -2.29. The summed E-state index contributed by atoms with van der Waals surface area (Å²) < 4.78 is 44.8. The number of hydrogen-bond donors (Lipinski definition) is 1. The van der Waals surface area contributed by atoms with Crippen molar-refractivity contribution in [2.24, 2.45) is 0 Å². The third kappa shape index (κ3) is 4.57. The Labute approximate surface area is 161 Å². The fraction of sp³-hybridized carbons (Fsp3) is 0.579. The molecule has 2 atom stereocenters.